The summed E-state index contributed by atoms with van der Waals surface area (Å²) in [4.78, 5) is 30.1. The quantitative estimate of drug-likeness (QED) is 0.350. The molecular weight excluding hydrogens is 432 g/mol. The first-order chi connectivity index (χ1) is 16.3. The molecule has 2 heterocycles. The van der Waals surface area contributed by atoms with Gasteiger partial charge in [-0.25, -0.2) is 0 Å². The number of phenols is 1. The van der Waals surface area contributed by atoms with E-state index in [-0.39, 0.29) is 23.2 Å². The van der Waals surface area contributed by atoms with Gasteiger partial charge >= 0.3 is 0 Å². The van der Waals surface area contributed by atoms with Gasteiger partial charge in [0, 0.05) is 18.5 Å². The molecule has 7 nitrogen and oxygen atoms in total. The molecule has 2 aromatic carbocycles. The van der Waals surface area contributed by atoms with Crippen LogP contribution in [-0.4, -0.2) is 64.0 Å². The Labute approximate surface area is 200 Å². The Morgan fingerprint density at radius 1 is 1.12 bits per heavy atom. The Morgan fingerprint density at radius 3 is 2.50 bits per heavy atom. The maximum absolute atomic E-state index is 13.2. The highest BCUT2D eigenvalue weighted by atomic mass is 16.5. The monoisotopic (exact) mass is 464 g/mol. The molecule has 0 bridgehead atoms. The average molecular weight is 465 g/mol. The minimum absolute atomic E-state index is 0.0563. The van der Waals surface area contributed by atoms with Gasteiger partial charge in [0.1, 0.15) is 23.4 Å². The zero-order valence-corrected chi connectivity index (χ0v) is 20.0. The summed E-state index contributed by atoms with van der Waals surface area (Å²) < 4.78 is 5.75. The van der Waals surface area contributed by atoms with Crippen molar-refractivity contribution < 1.29 is 24.5 Å². The van der Waals surface area contributed by atoms with Crippen molar-refractivity contribution in [3.8, 4) is 11.5 Å². The summed E-state index contributed by atoms with van der Waals surface area (Å²) in [5, 5.41) is 21.0. The van der Waals surface area contributed by atoms with Crippen molar-refractivity contribution in [2.24, 2.45) is 0 Å². The molecule has 0 spiro atoms. The number of phenolic OH excluding ortho intramolecular Hbond substituents is 1. The van der Waals surface area contributed by atoms with Crippen molar-refractivity contribution >= 4 is 17.4 Å². The van der Waals surface area contributed by atoms with Crippen LogP contribution in [0.1, 0.15) is 49.9 Å². The molecule has 1 fully saturated rings. The Hall–Kier alpha value is -3.32. The van der Waals surface area contributed by atoms with Gasteiger partial charge in [-0.3, -0.25) is 9.59 Å². The third kappa shape index (κ3) is 4.53. The van der Waals surface area contributed by atoms with Crippen LogP contribution < -0.4 is 4.74 Å². The number of fused-ring (bicyclic) bond motifs is 1. The molecule has 0 radical (unpaired) electrons. The Bertz CT molecular complexity index is 1100. The Balaban J connectivity index is 1.72. The summed E-state index contributed by atoms with van der Waals surface area (Å²) >= 11 is 0. The Morgan fingerprint density at radius 2 is 1.82 bits per heavy atom. The van der Waals surface area contributed by atoms with E-state index < -0.39 is 17.7 Å². The lowest BCUT2D eigenvalue weighted by molar-refractivity contribution is -0.140. The molecule has 1 saturated heterocycles. The summed E-state index contributed by atoms with van der Waals surface area (Å²) in [7, 11) is 0. The van der Waals surface area contributed by atoms with Gasteiger partial charge in [0.25, 0.3) is 11.7 Å². The largest absolute Gasteiger partial charge is 0.508 e. The number of aliphatic hydroxyl groups is 1. The average Bonchev–Trinajstić information content (AvgIpc) is 3.32. The predicted octanol–water partition coefficient (Wildman–Crippen LogP) is 3.87. The Kier molecular flexibility index (Phi) is 6.93. The highest BCUT2D eigenvalue weighted by molar-refractivity contribution is 6.46. The first kappa shape index (κ1) is 23.8. The molecule has 0 aliphatic carbocycles. The van der Waals surface area contributed by atoms with E-state index in [9.17, 15) is 19.8 Å². The number of aliphatic hydroxyl groups excluding tert-OH is 1. The smallest absolute Gasteiger partial charge is 0.295 e. The lowest BCUT2D eigenvalue weighted by atomic mass is 9.94. The summed E-state index contributed by atoms with van der Waals surface area (Å²) in [6.45, 7) is 9.19. The van der Waals surface area contributed by atoms with Gasteiger partial charge in [-0.1, -0.05) is 26.0 Å². The molecular formula is C27H32N2O5. The molecule has 0 saturated carbocycles. The first-order valence-corrected chi connectivity index (χ1v) is 11.9. The highest BCUT2D eigenvalue weighted by Crippen LogP contribution is 2.41. The molecule has 1 amide bonds. The molecule has 0 aromatic heterocycles. The second kappa shape index (κ2) is 9.89. The van der Waals surface area contributed by atoms with Crippen molar-refractivity contribution in [1.82, 2.24) is 9.80 Å². The SMILES string of the molecule is CCN(CC)CCCN1C(=O)C(=O)C(=C(O)c2ccc3c(c2)C[C@@H](C)O3)[C@H]1c1ccc(O)cc1. The van der Waals surface area contributed by atoms with Crippen LogP contribution in [0.25, 0.3) is 5.76 Å². The van der Waals surface area contributed by atoms with Crippen molar-refractivity contribution in [3.05, 3.63) is 64.7 Å². The molecule has 2 aliphatic heterocycles. The highest BCUT2D eigenvalue weighted by Gasteiger charge is 2.45. The van der Waals surface area contributed by atoms with Crippen LogP contribution in [0.3, 0.4) is 0 Å². The summed E-state index contributed by atoms with van der Waals surface area (Å²) in [6, 6.07) is 11.1. The van der Waals surface area contributed by atoms with Crippen LogP contribution in [0.5, 0.6) is 11.5 Å². The second-order valence-electron chi connectivity index (χ2n) is 8.92. The van der Waals surface area contributed by atoms with Crippen molar-refractivity contribution in [2.45, 2.75) is 45.8 Å². The first-order valence-electron chi connectivity index (χ1n) is 11.9. The third-order valence-electron chi connectivity index (χ3n) is 6.69. The standard InChI is InChI=1S/C27H32N2O5/c1-4-28(5-2)13-6-14-29-24(18-7-10-21(30)11-8-18)23(26(32)27(29)33)25(31)19-9-12-22-20(16-19)15-17(3)34-22/h7-12,16-17,24,30-31H,4-6,13-15H2,1-3H3/t17-,24-/m1/s1. The van der Waals surface area contributed by atoms with Gasteiger partial charge in [0.15, 0.2) is 0 Å². The summed E-state index contributed by atoms with van der Waals surface area (Å²) in [5.41, 5.74) is 2.19. The van der Waals surface area contributed by atoms with Crippen LogP contribution in [0.15, 0.2) is 48.0 Å². The van der Waals surface area contributed by atoms with Gasteiger partial charge in [0.2, 0.25) is 0 Å². The van der Waals surface area contributed by atoms with Gasteiger partial charge in [0.05, 0.1) is 11.6 Å². The summed E-state index contributed by atoms with van der Waals surface area (Å²) in [6.07, 6.45) is 1.48. The van der Waals surface area contributed by atoms with Crippen molar-refractivity contribution in [3.63, 3.8) is 0 Å². The zero-order chi connectivity index (χ0) is 24.4. The number of ketones is 1. The number of amides is 1. The number of nitrogens with zero attached hydrogens (tertiary/aromatic N) is 2. The van der Waals surface area contributed by atoms with E-state index in [1.54, 1.807) is 29.2 Å². The van der Waals surface area contributed by atoms with Crippen molar-refractivity contribution in [2.75, 3.05) is 26.2 Å². The van der Waals surface area contributed by atoms with Crippen LogP contribution in [0.4, 0.5) is 0 Å². The molecule has 2 aliphatic rings. The maximum atomic E-state index is 13.2. The minimum atomic E-state index is -0.722. The van der Waals surface area contributed by atoms with Gasteiger partial charge < -0.3 is 24.7 Å². The number of benzene rings is 2. The molecule has 180 valence electrons. The normalized spacial score (nSPS) is 21.2. The lowest BCUT2D eigenvalue weighted by Gasteiger charge is -2.26. The van der Waals surface area contributed by atoms with Gasteiger partial charge in [-0.15, -0.1) is 0 Å². The number of Topliss-reactive ketones (excluding diaryl/α,β-unsaturated/α-hetero) is 1. The molecule has 2 atom stereocenters. The van der Waals surface area contributed by atoms with Crippen LogP contribution in [0, 0.1) is 0 Å². The van der Waals surface area contributed by atoms with Crippen molar-refractivity contribution in [1.29, 1.82) is 0 Å². The third-order valence-corrected chi connectivity index (χ3v) is 6.69. The number of carbonyl (C=O) groups excluding carboxylic acids is 2. The number of rotatable bonds is 8. The molecule has 34 heavy (non-hydrogen) atoms. The van der Waals surface area contributed by atoms with E-state index in [1.165, 1.54) is 12.1 Å². The van der Waals surface area contributed by atoms with E-state index in [4.69, 9.17) is 4.74 Å². The topological polar surface area (TPSA) is 90.3 Å². The molecule has 2 N–H and O–H groups in total. The predicted molar refractivity (Wildman–Crippen MR) is 130 cm³/mol. The van der Waals surface area contributed by atoms with E-state index in [2.05, 4.69) is 18.7 Å². The van der Waals surface area contributed by atoms with Crippen LogP contribution in [-0.2, 0) is 16.0 Å². The van der Waals surface area contributed by atoms with E-state index >= 15 is 0 Å². The molecule has 0 unspecified atom stereocenters. The van der Waals surface area contributed by atoms with E-state index in [0.717, 1.165) is 37.4 Å². The number of hydrogen-bond donors (Lipinski definition) is 2. The fourth-order valence-corrected chi connectivity index (χ4v) is 4.84. The number of ether oxygens (including phenoxy) is 1. The van der Waals surface area contributed by atoms with Gasteiger partial charge in [-0.05, 0) is 74.4 Å². The fraction of sp³-hybridized carbons (Fsp3) is 0.407. The second-order valence-corrected chi connectivity index (χ2v) is 8.92. The zero-order valence-electron chi connectivity index (χ0n) is 20.0. The van der Waals surface area contributed by atoms with Crippen LogP contribution >= 0.6 is 0 Å². The number of hydrogen-bond acceptors (Lipinski definition) is 6. The molecule has 4 rings (SSSR count). The number of aromatic hydroxyl groups is 1. The number of likely N-dealkylation sites (tertiary alicyclic amines) is 1. The summed E-state index contributed by atoms with van der Waals surface area (Å²) in [5.74, 6) is -0.628. The van der Waals surface area contributed by atoms with E-state index in [1.807, 2.05) is 13.0 Å². The van der Waals surface area contributed by atoms with Gasteiger partial charge in [-0.2, -0.15) is 0 Å². The molecule has 7 heteroatoms. The van der Waals surface area contributed by atoms with E-state index in [0.29, 0.717) is 24.1 Å². The van der Waals surface area contributed by atoms with Crippen LogP contribution in [0.2, 0.25) is 0 Å². The molecule has 2 aromatic rings. The number of carbonyl (C=O) groups is 2. The lowest BCUT2D eigenvalue weighted by Crippen LogP contribution is -2.33. The maximum Gasteiger partial charge on any atom is 0.295 e. The minimum Gasteiger partial charge on any atom is -0.508 e. The fourth-order valence-electron chi connectivity index (χ4n) is 4.84.